The molecular weight excluding hydrogens is 404 g/mol. The summed E-state index contributed by atoms with van der Waals surface area (Å²) in [5, 5.41) is 28.9. The van der Waals surface area contributed by atoms with Crippen molar-refractivity contribution in [3.8, 4) is 28.5 Å². The molecule has 0 saturated carbocycles. The first-order valence-corrected chi connectivity index (χ1v) is 10.8. The van der Waals surface area contributed by atoms with E-state index in [9.17, 15) is 4.79 Å². The van der Waals surface area contributed by atoms with E-state index >= 15 is 0 Å². The summed E-state index contributed by atoms with van der Waals surface area (Å²) in [5.74, 6) is 0.763. The minimum absolute atomic E-state index is 0.124. The molecule has 0 radical (unpaired) electrons. The van der Waals surface area contributed by atoms with Gasteiger partial charge in [0.1, 0.15) is 0 Å². The number of aromatic nitrogens is 3. The summed E-state index contributed by atoms with van der Waals surface area (Å²) < 4.78 is 1.94. The van der Waals surface area contributed by atoms with Gasteiger partial charge in [-0.05, 0) is 23.6 Å². The fourth-order valence-electron chi connectivity index (χ4n) is 2.69. The van der Waals surface area contributed by atoms with Crippen LogP contribution in [0.5, 0.6) is 0 Å². The molecule has 1 aromatic carbocycles. The fourth-order valence-corrected chi connectivity index (χ4v) is 4.24. The van der Waals surface area contributed by atoms with Crippen molar-refractivity contribution in [1.29, 1.82) is 10.5 Å². The van der Waals surface area contributed by atoms with Crippen LogP contribution in [0.15, 0.2) is 53.0 Å². The third-order valence-electron chi connectivity index (χ3n) is 4.05. The first-order valence-electron chi connectivity index (χ1n) is 8.93. The van der Waals surface area contributed by atoms with E-state index in [-0.39, 0.29) is 24.5 Å². The fraction of sp³-hybridized carbons (Fsp3) is 0.250. The van der Waals surface area contributed by atoms with Crippen LogP contribution in [0, 0.1) is 22.7 Å². The predicted octanol–water partition coefficient (Wildman–Crippen LogP) is 3.74. The molecule has 7 nitrogen and oxygen atoms in total. The van der Waals surface area contributed by atoms with E-state index in [2.05, 4.69) is 10.2 Å². The van der Waals surface area contributed by atoms with Crippen LogP contribution < -0.4 is 0 Å². The number of para-hydroxylation sites is 1. The van der Waals surface area contributed by atoms with Gasteiger partial charge in [0.25, 0.3) is 0 Å². The molecule has 0 unspecified atom stereocenters. The van der Waals surface area contributed by atoms with Crippen LogP contribution in [0.2, 0.25) is 0 Å². The lowest BCUT2D eigenvalue weighted by atomic mass is 10.3. The Morgan fingerprint density at radius 1 is 1.07 bits per heavy atom. The Morgan fingerprint density at radius 2 is 1.79 bits per heavy atom. The number of hydrogen-bond acceptors (Lipinski definition) is 7. The van der Waals surface area contributed by atoms with Gasteiger partial charge in [-0.25, -0.2) is 0 Å². The van der Waals surface area contributed by atoms with Crippen LogP contribution in [0.25, 0.3) is 16.4 Å². The van der Waals surface area contributed by atoms with E-state index in [0.717, 1.165) is 16.4 Å². The molecule has 0 N–H and O–H groups in total. The van der Waals surface area contributed by atoms with Gasteiger partial charge < -0.3 is 4.90 Å². The standard InChI is InChI=1S/C20H18N6OS2/c21-10-5-12-25(13-6-11-22)18(27)15-29-20-24-23-19(17-9-4-14-28-17)26(20)16-7-2-1-3-8-16/h1-4,7-9,14H,5-6,12-13,15H2. The Morgan fingerprint density at radius 3 is 2.41 bits per heavy atom. The molecule has 3 aromatic rings. The molecule has 0 spiro atoms. The number of nitrogens with zero attached hydrogens (tertiary/aromatic N) is 6. The highest BCUT2D eigenvalue weighted by molar-refractivity contribution is 7.99. The lowest BCUT2D eigenvalue weighted by molar-refractivity contribution is -0.128. The van der Waals surface area contributed by atoms with Gasteiger partial charge in [-0.15, -0.1) is 21.5 Å². The van der Waals surface area contributed by atoms with Gasteiger partial charge in [-0.2, -0.15) is 10.5 Å². The molecule has 9 heteroatoms. The Bertz CT molecular complexity index is 1000. The number of thiophene rings is 1. The van der Waals surface area contributed by atoms with Gasteiger partial charge in [0, 0.05) is 18.8 Å². The molecule has 3 rings (SSSR count). The first-order chi connectivity index (χ1) is 14.2. The summed E-state index contributed by atoms with van der Waals surface area (Å²) in [5.41, 5.74) is 0.918. The molecule has 29 heavy (non-hydrogen) atoms. The lowest BCUT2D eigenvalue weighted by Gasteiger charge is -2.20. The molecule has 0 aliphatic heterocycles. The zero-order valence-electron chi connectivity index (χ0n) is 15.6. The molecular formula is C20H18N6OS2. The third-order valence-corrected chi connectivity index (χ3v) is 5.83. The molecule has 0 aliphatic carbocycles. The highest BCUT2D eigenvalue weighted by atomic mass is 32.2. The molecule has 146 valence electrons. The Balaban J connectivity index is 1.81. The van der Waals surface area contributed by atoms with Gasteiger partial charge >= 0.3 is 0 Å². The number of carbonyl (C=O) groups is 1. The molecule has 2 aromatic heterocycles. The average Bonchev–Trinajstić information content (AvgIpc) is 3.42. The van der Waals surface area contributed by atoms with Crippen LogP contribution in [0.3, 0.4) is 0 Å². The van der Waals surface area contributed by atoms with Crippen molar-refractivity contribution in [2.75, 3.05) is 18.8 Å². The molecule has 0 saturated heterocycles. The van der Waals surface area contributed by atoms with Crippen molar-refractivity contribution in [3.05, 3.63) is 47.8 Å². The van der Waals surface area contributed by atoms with Crippen LogP contribution in [0.4, 0.5) is 0 Å². The van der Waals surface area contributed by atoms with Crippen LogP contribution in [0.1, 0.15) is 12.8 Å². The van der Waals surface area contributed by atoms with Crippen molar-refractivity contribution in [2.24, 2.45) is 0 Å². The maximum Gasteiger partial charge on any atom is 0.233 e. The zero-order chi connectivity index (χ0) is 20.5. The van der Waals surface area contributed by atoms with Gasteiger partial charge in [0.05, 0.1) is 35.6 Å². The smallest absolute Gasteiger partial charge is 0.233 e. The van der Waals surface area contributed by atoms with Gasteiger partial charge in [-0.3, -0.25) is 9.36 Å². The maximum atomic E-state index is 12.6. The van der Waals surface area contributed by atoms with Gasteiger partial charge in [0.2, 0.25) is 5.91 Å². The van der Waals surface area contributed by atoms with E-state index < -0.39 is 0 Å². The van der Waals surface area contributed by atoms with Crippen LogP contribution in [-0.4, -0.2) is 44.4 Å². The second-order valence-electron chi connectivity index (χ2n) is 5.94. The minimum atomic E-state index is -0.124. The summed E-state index contributed by atoms with van der Waals surface area (Å²) >= 11 is 2.88. The normalized spacial score (nSPS) is 10.3. The topological polar surface area (TPSA) is 98.6 Å². The number of benzene rings is 1. The summed E-state index contributed by atoms with van der Waals surface area (Å²) in [7, 11) is 0. The van der Waals surface area contributed by atoms with Gasteiger partial charge in [0.15, 0.2) is 11.0 Å². The molecule has 0 fully saturated rings. The third kappa shape index (κ3) is 5.23. The number of hydrogen-bond donors (Lipinski definition) is 0. The van der Waals surface area contributed by atoms with Crippen molar-refractivity contribution < 1.29 is 4.79 Å². The van der Waals surface area contributed by atoms with Crippen molar-refractivity contribution in [2.45, 2.75) is 18.0 Å². The molecule has 2 heterocycles. The molecule has 0 atom stereocenters. The lowest BCUT2D eigenvalue weighted by Crippen LogP contribution is -2.34. The summed E-state index contributed by atoms with van der Waals surface area (Å²) in [6, 6.07) is 17.8. The van der Waals surface area contributed by atoms with E-state index in [1.54, 1.807) is 16.2 Å². The van der Waals surface area contributed by atoms with Crippen molar-refractivity contribution >= 4 is 29.0 Å². The number of thioether (sulfide) groups is 1. The summed E-state index contributed by atoms with van der Waals surface area (Å²) in [6.07, 6.45) is 0.481. The van der Waals surface area contributed by atoms with Gasteiger partial charge in [-0.1, -0.05) is 36.0 Å². The Kier molecular flexibility index (Phi) is 7.40. The van der Waals surface area contributed by atoms with Crippen molar-refractivity contribution in [3.63, 3.8) is 0 Å². The number of amides is 1. The molecule has 1 amide bonds. The summed E-state index contributed by atoms with van der Waals surface area (Å²) in [6.45, 7) is 0.646. The molecule has 0 bridgehead atoms. The Labute approximate surface area is 177 Å². The largest absolute Gasteiger partial charge is 0.340 e. The molecule has 0 aliphatic rings. The predicted molar refractivity (Wildman–Crippen MR) is 112 cm³/mol. The number of nitriles is 2. The van der Waals surface area contributed by atoms with E-state index in [4.69, 9.17) is 10.5 Å². The highest BCUT2D eigenvalue weighted by Gasteiger charge is 2.19. The summed E-state index contributed by atoms with van der Waals surface area (Å²) in [4.78, 5) is 15.2. The average molecular weight is 423 g/mol. The maximum absolute atomic E-state index is 12.6. The quantitative estimate of drug-likeness (QED) is 0.487. The minimum Gasteiger partial charge on any atom is -0.340 e. The van der Waals surface area contributed by atoms with Crippen molar-refractivity contribution in [1.82, 2.24) is 19.7 Å². The van der Waals surface area contributed by atoms with E-state index in [1.165, 1.54) is 11.8 Å². The highest BCUT2D eigenvalue weighted by Crippen LogP contribution is 2.30. The second kappa shape index (κ2) is 10.4. The number of rotatable bonds is 9. The Hall–Kier alpha value is -3.14. The SMILES string of the molecule is N#CCCN(CCC#N)C(=O)CSc1nnc(-c2cccs2)n1-c1ccccc1. The number of carbonyl (C=O) groups excluding carboxylic acids is 1. The van der Waals surface area contributed by atoms with Crippen LogP contribution >= 0.6 is 23.1 Å². The van der Waals surface area contributed by atoms with Crippen LogP contribution in [-0.2, 0) is 4.79 Å². The van der Waals surface area contributed by atoms with E-state index in [0.29, 0.717) is 18.2 Å². The zero-order valence-corrected chi connectivity index (χ0v) is 17.2. The first kappa shape index (κ1) is 20.6. The second-order valence-corrected chi connectivity index (χ2v) is 7.83. The van der Waals surface area contributed by atoms with E-state index in [1.807, 2.05) is 64.6 Å². The monoisotopic (exact) mass is 422 g/mol.